The van der Waals surface area contributed by atoms with Crippen LogP contribution in [0.25, 0.3) is 11.3 Å². The molecule has 1 aliphatic rings. The Bertz CT molecular complexity index is 758. The van der Waals surface area contributed by atoms with Crippen molar-refractivity contribution >= 4 is 5.91 Å². The highest BCUT2D eigenvalue weighted by molar-refractivity contribution is 5.92. The second-order valence-electron chi connectivity index (χ2n) is 6.78. The van der Waals surface area contributed by atoms with Crippen molar-refractivity contribution in [2.75, 3.05) is 19.6 Å². The topological polar surface area (TPSA) is 58.1 Å². The molecule has 1 aromatic heterocycles. The van der Waals surface area contributed by atoms with Gasteiger partial charge in [-0.05, 0) is 44.5 Å². The van der Waals surface area contributed by atoms with Gasteiger partial charge in [-0.25, -0.2) is 9.37 Å². The number of amides is 1. The maximum absolute atomic E-state index is 13.2. The van der Waals surface area contributed by atoms with Gasteiger partial charge in [0, 0.05) is 30.7 Å². The van der Waals surface area contributed by atoms with Gasteiger partial charge in [0.2, 0.25) is 0 Å². The zero-order valence-electron chi connectivity index (χ0n) is 14.1. The van der Waals surface area contributed by atoms with Crippen LogP contribution in [0.4, 0.5) is 4.39 Å². The summed E-state index contributed by atoms with van der Waals surface area (Å²) >= 11 is 0. The Morgan fingerprint density at radius 1 is 1.29 bits per heavy atom. The Hall–Kier alpha value is -2.34. The average molecular weight is 328 g/mol. The van der Waals surface area contributed by atoms with Gasteiger partial charge < -0.3 is 10.2 Å². The van der Waals surface area contributed by atoms with Crippen molar-refractivity contribution in [3.05, 3.63) is 47.7 Å². The molecule has 0 unspecified atom stereocenters. The molecular weight excluding hydrogens is 307 g/mol. The van der Waals surface area contributed by atoms with E-state index in [0.29, 0.717) is 24.5 Å². The Kier molecular flexibility index (Phi) is 4.32. The number of benzene rings is 1. The summed E-state index contributed by atoms with van der Waals surface area (Å²) in [5.41, 5.74) is 2.45. The third kappa shape index (κ3) is 3.43. The van der Waals surface area contributed by atoms with Crippen molar-refractivity contribution in [2.45, 2.75) is 26.3 Å². The fourth-order valence-corrected chi connectivity index (χ4v) is 2.97. The molecule has 1 amide bonds. The molecule has 24 heavy (non-hydrogen) atoms. The van der Waals surface area contributed by atoms with E-state index in [1.54, 1.807) is 17.2 Å². The summed E-state index contributed by atoms with van der Waals surface area (Å²) in [4.78, 5) is 23.0. The molecule has 3 rings (SSSR count). The molecule has 0 spiro atoms. The zero-order chi connectivity index (χ0) is 17.3. The van der Waals surface area contributed by atoms with Gasteiger partial charge in [0.1, 0.15) is 11.5 Å². The molecule has 5 nitrogen and oxygen atoms in total. The van der Waals surface area contributed by atoms with Crippen LogP contribution in [0.5, 0.6) is 0 Å². The van der Waals surface area contributed by atoms with Crippen LogP contribution >= 0.6 is 0 Å². The van der Waals surface area contributed by atoms with Gasteiger partial charge >= 0.3 is 0 Å². The molecule has 1 aromatic carbocycles. The van der Waals surface area contributed by atoms with Gasteiger partial charge in [-0.15, -0.1) is 0 Å². The standard InChI is InChI=1S/C18H21FN4O/c1-12-8-13(19)4-5-14(12)15-9-21-16(10-20-15)17(24)23-7-6-22-18(2,3)11-23/h4-5,8-10,22H,6-7,11H2,1-3H3. The summed E-state index contributed by atoms with van der Waals surface area (Å²) in [5.74, 6) is -0.392. The second-order valence-corrected chi connectivity index (χ2v) is 6.78. The highest BCUT2D eigenvalue weighted by Gasteiger charge is 2.29. The molecule has 126 valence electrons. The molecule has 2 aromatic rings. The monoisotopic (exact) mass is 328 g/mol. The van der Waals surface area contributed by atoms with Gasteiger partial charge in [0.15, 0.2) is 0 Å². The van der Waals surface area contributed by atoms with E-state index in [2.05, 4.69) is 29.1 Å². The van der Waals surface area contributed by atoms with Gasteiger partial charge in [-0.3, -0.25) is 9.78 Å². The minimum absolute atomic E-state index is 0.105. The lowest BCUT2D eigenvalue weighted by molar-refractivity contribution is 0.0646. The Morgan fingerprint density at radius 3 is 2.71 bits per heavy atom. The maximum Gasteiger partial charge on any atom is 0.274 e. The Morgan fingerprint density at radius 2 is 2.08 bits per heavy atom. The summed E-state index contributed by atoms with van der Waals surface area (Å²) in [5, 5.41) is 3.38. The molecule has 1 fully saturated rings. The molecule has 2 heterocycles. The lowest BCUT2D eigenvalue weighted by atomic mass is 10.0. The minimum Gasteiger partial charge on any atom is -0.334 e. The van der Waals surface area contributed by atoms with E-state index >= 15 is 0 Å². The van der Waals surface area contributed by atoms with Crippen LogP contribution in [0, 0.1) is 12.7 Å². The molecule has 0 bridgehead atoms. The van der Waals surface area contributed by atoms with Crippen molar-refractivity contribution in [3.63, 3.8) is 0 Å². The van der Waals surface area contributed by atoms with Gasteiger partial charge in [0.25, 0.3) is 5.91 Å². The SMILES string of the molecule is Cc1cc(F)ccc1-c1cnc(C(=O)N2CCNC(C)(C)C2)cn1. The van der Waals surface area contributed by atoms with Crippen LogP contribution in [0.1, 0.15) is 29.9 Å². The van der Waals surface area contributed by atoms with Crippen LogP contribution in [0.2, 0.25) is 0 Å². The first kappa shape index (κ1) is 16.5. The summed E-state index contributed by atoms with van der Waals surface area (Å²) < 4.78 is 13.2. The van der Waals surface area contributed by atoms with Gasteiger partial charge in [-0.2, -0.15) is 0 Å². The van der Waals surface area contributed by atoms with Gasteiger partial charge in [0.05, 0.1) is 18.1 Å². The van der Waals surface area contributed by atoms with Crippen molar-refractivity contribution in [1.82, 2.24) is 20.2 Å². The highest BCUT2D eigenvalue weighted by Crippen LogP contribution is 2.21. The predicted molar refractivity (Wildman–Crippen MR) is 90.1 cm³/mol. The zero-order valence-corrected chi connectivity index (χ0v) is 14.1. The van der Waals surface area contributed by atoms with Crippen molar-refractivity contribution in [2.24, 2.45) is 0 Å². The molecule has 0 saturated carbocycles. The lowest BCUT2D eigenvalue weighted by Gasteiger charge is -2.38. The van der Waals surface area contributed by atoms with Gasteiger partial charge in [-0.1, -0.05) is 0 Å². The summed E-state index contributed by atoms with van der Waals surface area (Å²) in [6.07, 6.45) is 3.07. The quantitative estimate of drug-likeness (QED) is 0.920. The van der Waals surface area contributed by atoms with E-state index in [-0.39, 0.29) is 17.3 Å². The third-order valence-corrected chi connectivity index (χ3v) is 4.19. The number of nitrogens with zero attached hydrogens (tertiary/aromatic N) is 3. The van der Waals surface area contributed by atoms with E-state index in [9.17, 15) is 9.18 Å². The van der Waals surface area contributed by atoms with Crippen LogP contribution in [-0.4, -0.2) is 45.9 Å². The number of hydrogen-bond acceptors (Lipinski definition) is 4. The number of hydrogen-bond donors (Lipinski definition) is 1. The predicted octanol–water partition coefficient (Wildman–Crippen LogP) is 2.42. The maximum atomic E-state index is 13.2. The summed E-state index contributed by atoms with van der Waals surface area (Å²) in [6, 6.07) is 4.53. The normalized spacial score (nSPS) is 16.9. The van der Waals surface area contributed by atoms with E-state index < -0.39 is 0 Å². The number of halogens is 1. The first-order valence-corrected chi connectivity index (χ1v) is 7.99. The Labute approximate surface area is 140 Å². The molecule has 6 heteroatoms. The number of piperazine rings is 1. The van der Waals surface area contributed by atoms with Crippen molar-refractivity contribution < 1.29 is 9.18 Å². The fourth-order valence-electron chi connectivity index (χ4n) is 2.97. The number of carbonyl (C=O) groups excluding carboxylic acids is 1. The average Bonchev–Trinajstić information content (AvgIpc) is 2.53. The lowest BCUT2D eigenvalue weighted by Crippen LogP contribution is -2.58. The number of rotatable bonds is 2. The first-order chi connectivity index (χ1) is 11.4. The minimum atomic E-state index is -0.280. The number of aromatic nitrogens is 2. The number of nitrogens with one attached hydrogen (secondary N) is 1. The molecule has 0 atom stereocenters. The molecular formula is C18H21FN4O. The Balaban J connectivity index is 1.80. The smallest absolute Gasteiger partial charge is 0.274 e. The van der Waals surface area contributed by atoms with Crippen molar-refractivity contribution in [1.29, 1.82) is 0 Å². The van der Waals surface area contributed by atoms with Crippen LogP contribution < -0.4 is 5.32 Å². The summed E-state index contributed by atoms with van der Waals surface area (Å²) in [6.45, 7) is 8.01. The largest absolute Gasteiger partial charge is 0.334 e. The van der Waals surface area contributed by atoms with Crippen LogP contribution in [-0.2, 0) is 0 Å². The molecule has 0 radical (unpaired) electrons. The van der Waals surface area contributed by atoms with E-state index in [0.717, 1.165) is 17.7 Å². The fraction of sp³-hybridized carbons (Fsp3) is 0.389. The molecule has 0 aliphatic carbocycles. The molecule has 1 aliphatic heterocycles. The van der Waals surface area contributed by atoms with E-state index in [1.165, 1.54) is 18.3 Å². The molecule has 1 saturated heterocycles. The first-order valence-electron chi connectivity index (χ1n) is 7.99. The third-order valence-electron chi connectivity index (χ3n) is 4.19. The van der Waals surface area contributed by atoms with E-state index in [4.69, 9.17) is 0 Å². The van der Waals surface area contributed by atoms with Crippen LogP contribution in [0.3, 0.4) is 0 Å². The second kappa shape index (κ2) is 6.28. The molecule has 1 N–H and O–H groups in total. The van der Waals surface area contributed by atoms with Crippen molar-refractivity contribution in [3.8, 4) is 11.3 Å². The van der Waals surface area contributed by atoms with E-state index in [1.807, 2.05) is 6.92 Å². The number of aryl methyl sites for hydroxylation is 1. The number of carbonyl (C=O) groups is 1. The highest BCUT2D eigenvalue weighted by atomic mass is 19.1. The van der Waals surface area contributed by atoms with Crippen LogP contribution in [0.15, 0.2) is 30.6 Å². The summed E-state index contributed by atoms with van der Waals surface area (Å²) in [7, 11) is 0.